The van der Waals surface area contributed by atoms with Crippen molar-refractivity contribution in [2.75, 3.05) is 33.2 Å². The first-order chi connectivity index (χ1) is 9.71. The minimum atomic E-state index is 0.617. The smallest absolute Gasteiger partial charge is 0.00360 e. The van der Waals surface area contributed by atoms with Gasteiger partial charge < -0.3 is 10.2 Å². The molecular formula is C18H34N2. The molecule has 3 fully saturated rings. The van der Waals surface area contributed by atoms with Gasteiger partial charge in [-0.05, 0) is 81.8 Å². The highest BCUT2D eigenvalue weighted by Crippen LogP contribution is 2.48. The summed E-state index contributed by atoms with van der Waals surface area (Å²) in [7, 11) is 2.39. The van der Waals surface area contributed by atoms with Crippen LogP contribution in [0.2, 0.25) is 0 Å². The molecule has 2 heteroatoms. The molecule has 2 bridgehead atoms. The second-order valence-electron chi connectivity index (χ2n) is 8.13. The number of nitrogens with zero attached hydrogens (tertiary/aromatic N) is 1. The summed E-state index contributed by atoms with van der Waals surface area (Å²) in [6.07, 6.45) is 11.7. The molecule has 0 spiro atoms. The van der Waals surface area contributed by atoms with Crippen LogP contribution in [0.3, 0.4) is 0 Å². The Hall–Kier alpha value is -0.0800. The van der Waals surface area contributed by atoms with Gasteiger partial charge in [0.05, 0.1) is 0 Å². The number of piperidine rings is 1. The van der Waals surface area contributed by atoms with Crippen LogP contribution in [0.4, 0.5) is 0 Å². The minimum absolute atomic E-state index is 0.617. The van der Waals surface area contributed by atoms with Gasteiger partial charge in [-0.25, -0.2) is 0 Å². The standard InChI is InChI=1S/C18H34N2/c1-3-6-18(7-9-19-10-8-18)14-20(2)13-17-12-15-4-5-16(17)11-15/h15-17,19H,3-14H2,1-2H3. The number of nitrogens with one attached hydrogen (secondary N) is 1. The third-order valence-electron chi connectivity index (χ3n) is 6.48. The molecule has 2 nitrogen and oxygen atoms in total. The van der Waals surface area contributed by atoms with Crippen LogP contribution in [0, 0.1) is 23.2 Å². The van der Waals surface area contributed by atoms with Crippen molar-refractivity contribution in [1.29, 1.82) is 0 Å². The largest absolute Gasteiger partial charge is 0.317 e. The van der Waals surface area contributed by atoms with Gasteiger partial charge in [0.1, 0.15) is 0 Å². The zero-order valence-electron chi connectivity index (χ0n) is 13.7. The molecule has 0 amide bonds. The van der Waals surface area contributed by atoms with Gasteiger partial charge in [-0.15, -0.1) is 0 Å². The number of hydrogen-bond donors (Lipinski definition) is 1. The van der Waals surface area contributed by atoms with Gasteiger partial charge in [-0.3, -0.25) is 0 Å². The maximum absolute atomic E-state index is 3.55. The Morgan fingerprint density at radius 3 is 2.55 bits per heavy atom. The van der Waals surface area contributed by atoms with E-state index in [0.717, 1.165) is 17.8 Å². The van der Waals surface area contributed by atoms with Crippen LogP contribution in [-0.2, 0) is 0 Å². The summed E-state index contributed by atoms with van der Waals surface area (Å²) in [6.45, 7) is 7.56. The molecule has 1 heterocycles. The lowest BCUT2D eigenvalue weighted by Gasteiger charge is -2.41. The lowest BCUT2D eigenvalue weighted by molar-refractivity contribution is 0.0985. The Labute approximate surface area is 125 Å². The summed E-state index contributed by atoms with van der Waals surface area (Å²) in [5.74, 6) is 3.21. The van der Waals surface area contributed by atoms with E-state index in [4.69, 9.17) is 0 Å². The van der Waals surface area contributed by atoms with Crippen molar-refractivity contribution >= 4 is 0 Å². The van der Waals surface area contributed by atoms with E-state index < -0.39 is 0 Å². The monoisotopic (exact) mass is 278 g/mol. The molecule has 1 saturated heterocycles. The summed E-state index contributed by atoms with van der Waals surface area (Å²) in [4.78, 5) is 2.70. The SMILES string of the molecule is CCCC1(CN(C)CC2CC3CCC2C3)CCNCC1. The first-order valence-electron chi connectivity index (χ1n) is 9.10. The Morgan fingerprint density at radius 1 is 1.15 bits per heavy atom. The van der Waals surface area contributed by atoms with Gasteiger partial charge in [0.25, 0.3) is 0 Å². The van der Waals surface area contributed by atoms with Gasteiger partial charge in [0, 0.05) is 13.1 Å². The first kappa shape index (κ1) is 14.8. The van der Waals surface area contributed by atoms with Crippen LogP contribution in [0.15, 0.2) is 0 Å². The van der Waals surface area contributed by atoms with E-state index in [2.05, 4.69) is 24.2 Å². The molecule has 0 aromatic heterocycles. The predicted molar refractivity (Wildman–Crippen MR) is 85.9 cm³/mol. The van der Waals surface area contributed by atoms with Gasteiger partial charge >= 0.3 is 0 Å². The van der Waals surface area contributed by atoms with Crippen LogP contribution < -0.4 is 5.32 Å². The Balaban J connectivity index is 1.52. The van der Waals surface area contributed by atoms with Crippen molar-refractivity contribution in [1.82, 2.24) is 10.2 Å². The second kappa shape index (κ2) is 6.36. The van der Waals surface area contributed by atoms with Crippen molar-refractivity contribution in [2.24, 2.45) is 23.2 Å². The normalized spacial score (nSPS) is 35.9. The minimum Gasteiger partial charge on any atom is -0.317 e. The van der Waals surface area contributed by atoms with Crippen molar-refractivity contribution in [3.8, 4) is 0 Å². The summed E-state index contributed by atoms with van der Waals surface area (Å²) in [5.41, 5.74) is 0.617. The molecule has 0 aromatic rings. The predicted octanol–water partition coefficient (Wildman–Crippen LogP) is 3.52. The molecule has 20 heavy (non-hydrogen) atoms. The van der Waals surface area contributed by atoms with Gasteiger partial charge in [-0.1, -0.05) is 19.8 Å². The van der Waals surface area contributed by atoms with Crippen LogP contribution in [0.25, 0.3) is 0 Å². The first-order valence-corrected chi connectivity index (χ1v) is 9.10. The van der Waals surface area contributed by atoms with Crippen molar-refractivity contribution in [3.05, 3.63) is 0 Å². The third-order valence-corrected chi connectivity index (χ3v) is 6.48. The molecule has 0 radical (unpaired) electrons. The van der Waals surface area contributed by atoms with Gasteiger partial charge in [-0.2, -0.15) is 0 Å². The molecular weight excluding hydrogens is 244 g/mol. The number of hydrogen-bond acceptors (Lipinski definition) is 2. The van der Waals surface area contributed by atoms with Crippen LogP contribution in [0.1, 0.15) is 58.3 Å². The Morgan fingerprint density at radius 2 is 1.95 bits per heavy atom. The van der Waals surface area contributed by atoms with E-state index in [-0.39, 0.29) is 0 Å². The fourth-order valence-corrected chi connectivity index (χ4v) is 5.61. The summed E-state index contributed by atoms with van der Waals surface area (Å²) in [6, 6.07) is 0. The second-order valence-corrected chi connectivity index (χ2v) is 8.13. The van der Waals surface area contributed by atoms with E-state index >= 15 is 0 Å². The summed E-state index contributed by atoms with van der Waals surface area (Å²) in [5, 5.41) is 3.55. The molecule has 3 atom stereocenters. The molecule has 2 saturated carbocycles. The summed E-state index contributed by atoms with van der Waals surface area (Å²) >= 11 is 0. The van der Waals surface area contributed by atoms with E-state index in [9.17, 15) is 0 Å². The molecule has 3 unspecified atom stereocenters. The van der Waals surface area contributed by atoms with E-state index in [0.29, 0.717) is 5.41 Å². The van der Waals surface area contributed by atoms with Crippen molar-refractivity contribution in [3.63, 3.8) is 0 Å². The van der Waals surface area contributed by atoms with Gasteiger partial charge in [0.2, 0.25) is 0 Å². The van der Waals surface area contributed by atoms with Crippen LogP contribution in [0.5, 0.6) is 0 Å². The van der Waals surface area contributed by atoms with Crippen LogP contribution in [-0.4, -0.2) is 38.1 Å². The Bertz CT molecular complexity index is 303. The fraction of sp³-hybridized carbons (Fsp3) is 1.00. The quantitative estimate of drug-likeness (QED) is 0.799. The molecule has 1 aliphatic heterocycles. The highest BCUT2D eigenvalue weighted by Gasteiger charge is 2.40. The molecule has 116 valence electrons. The zero-order valence-corrected chi connectivity index (χ0v) is 13.7. The zero-order chi connectivity index (χ0) is 14.0. The average Bonchev–Trinajstić information content (AvgIpc) is 3.02. The van der Waals surface area contributed by atoms with Crippen molar-refractivity contribution < 1.29 is 0 Å². The third kappa shape index (κ3) is 3.22. The Kier molecular flexibility index (Phi) is 4.72. The van der Waals surface area contributed by atoms with Crippen molar-refractivity contribution in [2.45, 2.75) is 58.3 Å². The lowest BCUT2D eigenvalue weighted by atomic mass is 9.75. The summed E-state index contributed by atoms with van der Waals surface area (Å²) < 4.78 is 0. The molecule has 1 N–H and O–H groups in total. The molecule has 2 aliphatic carbocycles. The number of rotatable bonds is 6. The van der Waals surface area contributed by atoms with E-state index in [1.165, 1.54) is 71.1 Å². The van der Waals surface area contributed by atoms with Crippen LogP contribution >= 0.6 is 0 Å². The molecule has 3 rings (SSSR count). The average molecular weight is 278 g/mol. The van der Waals surface area contributed by atoms with Gasteiger partial charge in [0.15, 0.2) is 0 Å². The highest BCUT2D eigenvalue weighted by molar-refractivity contribution is 4.92. The lowest BCUT2D eigenvalue weighted by Crippen LogP contribution is -2.45. The fourth-order valence-electron chi connectivity index (χ4n) is 5.61. The maximum atomic E-state index is 3.55. The van der Waals surface area contributed by atoms with E-state index in [1.54, 1.807) is 6.42 Å². The maximum Gasteiger partial charge on any atom is 0.00360 e. The molecule has 3 aliphatic rings. The topological polar surface area (TPSA) is 15.3 Å². The molecule has 0 aromatic carbocycles. The highest BCUT2D eigenvalue weighted by atomic mass is 15.1. The number of fused-ring (bicyclic) bond motifs is 2. The van der Waals surface area contributed by atoms with E-state index in [1.807, 2.05) is 0 Å².